The predicted octanol–water partition coefficient (Wildman–Crippen LogP) is 1.08. The van der Waals surface area contributed by atoms with Crippen molar-refractivity contribution in [1.82, 2.24) is 14.8 Å². The molecular weight excluding hydrogens is 540 g/mol. The number of nitrogens with zero attached hydrogens (tertiary/aromatic N) is 3. The average molecular weight is 573 g/mol. The van der Waals surface area contributed by atoms with Gasteiger partial charge in [0.25, 0.3) is 0 Å². The number of aliphatic carboxylic acids is 2. The van der Waals surface area contributed by atoms with Gasteiger partial charge in [0.2, 0.25) is 5.91 Å². The molecule has 1 aromatic heterocycles. The summed E-state index contributed by atoms with van der Waals surface area (Å²) in [5, 5.41) is 30.8. The van der Waals surface area contributed by atoms with Gasteiger partial charge in [-0.2, -0.15) is 0 Å². The monoisotopic (exact) mass is 573 g/mol. The van der Waals surface area contributed by atoms with Crippen LogP contribution in [0.25, 0.3) is 0 Å². The minimum atomic E-state index is -1.09. The number of amides is 1. The maximum atomic E-state index is 12.8. The molecule has 3 rings (SSSR count). The summed E-state index contributed by atoms with van der Waals surface area (Å²) in [6.45, 7) is -0.534. The van der Waals surface area contributed by atoms with E-state index in [4.69, 9.17) is 5.11 Å². The Morgan fingerprint density at radius 1 is 0.842 bits per heavy atom. The molecule has 1 aromatic carbocycles. The van der Waals surface area contributed by atoms with Gasteiger partial charge in [-0.15, -0.1) is 0 Å². The topological polar surface area (TPSA) is 193 Å². The van der Waals surface area contributed by atoms with Crippen molar-refractivity contribution >= 4 is 29.5 Å². The molecule has 2 atom stereocenters. The van der Waals surface area contributed by atoms with Crippen molar-refractivity contribution in [3.8, 4) is 0 Å². The molecule has 1 aliphatic rings. The third kappa shape index (κ3) is 9.84. The van der Waals surface area contributed by atoms with Gasteiger partial charge in [-0.25, -0.2) is 4.79 Å². The van der Waals surface area contributed by atoms with E-state index in [0.717, 1.165) is 12.8 Å². The Hall–Kier alpha value is -3.35. The van der Waals surface area contributed by atoms with Crippen LogP contribution in [0.3, 0.4) is 0 Å². The fourth-order valence-corrected chi connectivity index (χ4v) is 4.65. The van der Waals surface area contributed by atoms with Crippen LogP contribution in [0, 0.1) is 0 Å². The molecule has 208 valence electrons. The van der Waals surface area contributed by atoms with Gasteiger partial charge in [0.1, 0.15) is 0 Å². The molecule has 12 nitrogen and oxygen atoms in total. The number of carboxylic acids is 3. The van der Waals surface area contributed by atoms with Gasteiger partial charge in [-0.3, -0.25) is 29.2 Å². The van der Waals surface area contributed by atoms with Crippen LogP contribution in [0.15, 0.2) is 48.7 Å². The van der Waals surface area contributed by atoms with Crippen LogP contribution < -0.4 is 5.32 Å². The Labute approximate surface area is 230 Å². The van der Waals surface area contributed by atoms with Crippen molar-refractivity contribution in [2.45, 2.75) is 44.3 Å². The molecule has 0 spiro atoms. The first-order valence-corrected chi connectivity index (χ1v) is 11.7. The number of benzene rings is 1. The quantitative estimate of drug-likeness (QED) is 0.211. The number of rotatable bonds is 12. The van der Waals surface area contributed by atoms with Crippen molar-refractivity contribution in [3.05, 3.63) is 59.9 Å². The number of carbonyl (C=O) groups is 4. The second-order valence-corrected chi connectivity index (χ2v) is 8.77. The summed E-state index contributed by atoms with van der Waals surface area (Å²) in [6, 6.07) is 10.4. The third-order valence-electron chi connectivity index (χ3n) is 6.16. The van der Waals surface area contributed by atoms with Gasteiger partial charge in [-0.05, 0) is 49.2 Å². The number of aromatic nitrogens is 1. The zero-order valence-electron chi connectivity index (χ0n) is 20.7. The normalized spacial score (nSPS) is 16.7. The van der Waals surface area contributed by atoms with E-state index in [1.54, 1.807) is 22.1 Å². The second-order valence-electron chi connectivity index (χ2n) is 8.77. The number of anilines is 1. The van der Waals surface area contributed by atoms with E-state index in [0.29, 0.717) is 24.2 Å². The van der Waals surface area contributed by atoms with E-state index in [1.165, 1.54) is 24.3 Å². The van der Waals surface area contributed by atoms with Crippen LogP contribution >= 0.6 is 0 Å². The molecule has 1 fully saturated rings. The molecule has 0 saturated heterocycles. The minimum Gasteiger partial charge on any atom is -0.480 e. The van der Waals surface area contributed by atoms with E-state index in [1.807, 2.05) is 12.1 Å². The van der Waals surface area contributed by atoms with Crippen LogP contribution in [0.5, 0.6) is 0 Å². The van der Waals surface area contributed by atoms with Crippen molar-refractivity contribution in [3.63, 3.8) is 0 Å². The van der Waals surface area contributed by atoms with Crippen LogP contribution in [-0.4, -0.2) is 85.6 Å². The van der Waals surface area contributed by atoms with E-state index in [2.05, 4.69) is 10.3 Å². The van der Waals surface area contributed by atoms with E-state index in [9.17, 15) is 29.4 Å². The Balaban J connectivity index is 0.00000361. The second kappa shape index (κ2) is 15.8. The van der Waals surface area contributed by atoms with Crippen molar-refractivity contribution in [1.29, 1.82) is 0 Å². The summed E-state index contributed by atoms with van der Waals surface area (Å²) in [4.78, 5) is 54.9. The molecule has 1 amide bonds. The van der Waals surface area contributed by atoms with Crippen LogP contribution in [0.2, 0.25) is 0 Å². The molecular formula is C25H33FeN4O8+. The van der Waals surface area contributed by atoms with Gasteiger partial charge in [0, 0.05) is 47.6 Å². The predicted molar refractivity (Wildman–Crippen MR) is 134 cm³/mol. The van der Waals surface area contributed by atoms with E-state index in [-0.39, 0.29) is 66.4 Å². The Morgan fingerprint density at radius 3 is 1.95 bits per heavy atom. The van der Waals surface area contributed by atoms with Crippen LogP contribution in [0.4, 0.5) is 5.69 Å². The van der Waals surface area contributed by atoms with Gasteiger partial charge < -0.3 is 26.1 Å². The summed E-state index contributed by atoms with van der Waals surface area (Å²) >= 11 is 0. The molecule has 38 heavy (non-hydrogen) atoms. The van der Waals surface area contributed by atoms with Crippen molar-refractivity contribution < 1.29 is 57.0 Å². The van der Waals surface area contributed by atoms with E-state index >= 15 is 0 Å². The summed E-state index contributed by atoms with van der Waals surface area (Å²) in [6.07, 6.45) is 4.62. The largest absolute Gasteiger partial charge is 0.480 e. The minimum absolute atomic E-state index is 0. The standard InChI is InChI=1S/C25H30N4O7.Fe.H2O/c30-22(27-18-10-8-17(9-11-18)25(35)36)14-29(16-24(33)34)21-7-2-1-6-20(21)28(15-23(31)32)13-19-5-3-4-12-26-19;;/h3-5,8-12,20-21H,1-2,6-7,13-16H2,(H,27,30)(H,31,32)(H,33,34)(H,35,36);;1H2/p+1/t20?,21-;;/m0../s1. The molecule has 1 unspecified atom stereocenters. The van der Waals surface area contributed by atoms with E-state index < -0.39 is 23.8 Å². The zero-order chi connectivity index (χ0) is 26.1. The average Bonchev–Trinajstić information content (AvgIpc) is 2.83. The first-order chi connectivity index (χ1) is 17.2. The third-order valence-corrected chi connectivity index (χ3v) is 6.16. The maximum Gasteiger partial charge on any atom is 0.335 e. The molecule has 7 N–H and O–H groups in total. The number of carbonyl (C=O) groups excluding carboxylic acids is 1. The smallest absolute Gasteiger partial charge is 0.335 e. The zero-order valence-corrected chi connectivity index (χ0v) is 21.8. The Bertz CT molecular complexity index is 1070. The van der Waals surface area contributed by atoms with Crippen LogP contribution in [-0.2, 0) is 43.5 Å². The fraction of sp³-hybridized carbons (Fsp3) is 0.400. The Morgan fingerprint density at radius 2 is 1.42 bits per heavy atom. The van der Waals surface area contributed by atoms with Crippen molar-refractivity contribution in [2.24, 2.45) is 0 Å². The first kappa shape index (κ1) is 32.7. The summed E-state index contributed by atoms with van der Waals surface area (Å²) in [5.41, 5.74) is 1.18. The van der Waals surface area contributed by atoms with Gasteiger partial charge >= 0.3 is 17.9 Å². The molecule has 13 heteroatoms. The number of hydrogen-bond acceptors (Lipinski definition) is 7. The first-order valence-electron chi connectivity index (χ1n) is 11.7. The SMILES string of the molecule is O=C(O)CN(Cc1ccccn1)C1CCCC[C@@H]1N(CC(=O)O)CC(=O)Nc1ccc(C(=O)O)cc1.[Fe].[OH3+]. The Kier molecular flexibility index (Phi) is 13.6. The molecule has 1 aliphatic carbocycles. The number of pyridine rings is 1. The number of carboxylic acid groups (broad SMARTS) is 3. The summed E-state index contributed by atoms with van der Waals surface area (Å²) < 4.78 is 0. The van der Waals surface area contributed by atoms with Gasteiger partial charge in [0.05, 0.1) is 30.9 Å². The summed E-state index contributed by atoms with van der Waals surface area (Å²) in [5.74, 6) is -3.62. The van der Waals surface area contributed by atoms with Gasteiger partial charge in [0.15, 0.2) is 0 Å². The number of nitrogens with one attached hydrogen (secondary N) is 1. The van der Waals surface area contributed by atoms with Crippen LogP contribution in [0.1, 0.15) is 41.7 Å². The van der Waals surface area contributed by atoms with Gasteiger partial charge in [-0.1, -0.05) is 18.9 Å². The molecule has 1 heterocycles. The molecule has 0 aliphatic heterocycles. The number of hydrogen-bond donors (Lipinski definition) is 4. The number of aromatic carboxylic acids is 1. The molecule has 2 aromatic rings. The maximum absolute atomic E-state index is 12.8. The molecule has 0 radical (unpaired) electrons. The van der Waals surface area contributed by atoms with Crippen molar-refractivity contribution in [2.75, 3.05) is 25.0 Å². The molecule has 0 bridgehead atoms. The molecule has 1 saturated carbocycles. The summed E-state index contributed by atoms with van der Waals surface area (Å²) in [7, 11) is 0. The fourth-order valence-electron chi connectivity index (χ4n) is 4.65.